The van der Waals surface area contributed by atoms with Gasteiger partial charge in [-0.25, -0.2) is 0 Å². The molecule has 0 saturated carbocycles. The van der Waals surface area contributed by atoms with Crippen LogP contribution in [0.2, 0.25) is 0 Å². The first-order valence-electron chi connectivity index (χ1n) is 8.78. The van der Waals surface area contributed by atoms with E-state index in [-0.39, 0.29) is 0 Å². The van der Waals surface area contributed by atoms with E-state index in [0.29, 0.717) is 6.79 Å². The first-order chi connectivity index (χ1) is 11.4. The van der Waals surface area contributed by atoms with Crippen LogP contribution in [0.1, 0.15) is 18.4 Å². The molecule has 5 heteroatoms. The fourth-order valence-electron chi connectivity index (χ4n) is 3.83. The maximum Gasteiger partial charge on any atom is 0.231 e. The normalized spacial score (nSPS) is 23.3. The van der Waals surface area contributed by atoms with Gasteiger partial charge in [-0.3, -0.25) is 9.80 Å². The third kappa shape index (κ3) is 3.62. The summed E-state index contributed by atoms with van der Waals surface area (Å²) in [5.74, 6) is 2.68. The van der Waals surface area contributed by atoms with Gasteiger partial charge in [0.2, 0.25) is 6.79 Å². The molecule has 0 amide bonds. The Hall–Kier alpha value is -1.30. The van der Waals surface area contributed by atoms with Gasteiger partial charge in [0.15, 0.2) is 11.5 Å². The maximum atomic E-state index is 5.63. The van der Waals surface area contributed by atoms with Crippen molar-refractivity contribution in [1.29, 1.82) is 0 Å². The molecule has 3 aliphatic heterocycles. The first kappa shape index (κ1) is 15.2. The average Bonchev–Trinajstić information content (AvgIpc) is 3.07. The highest BCUT2D eigenvalue weighted by Crippen LogP contribution is 2.36. The predicted octanol–water partition coefficient (Wildman–Crippen LogP) is 1.96. The zero-order valence-corrected chi connectivity index (χ0v) is 13.7. The molecule has 1 aromatic carbocycles. The summed E-state index contributed by atoms with van der Waals surface area (Å²) in [6.07, 6.45) is 2.59. The zero-order chi connectivity index (χ0) is 15.5. The van der Waals surface area contributed by atoms with Gasteiger partial charge < -0.3 is 14.2 Å². The lowest BCUT2D eigenvalue weighted by Gasteiger charge is -2.36. The van der Waals surface area contributed by atoms with E-state index in [9.17, 15) is 0 Å². The summed E-state index contributed by atoms with van der Waals surface area (Å²) in [5.41, 5.74) is 1.26. The molecule has 23 heavy (non-hydrogen) atoms. The number of piperidine rings is 1. The van der Waals surface area contributed by atoms with Crippen LogP contribution in [0.25, 0.3) is 0 Å². The Morgan fingerprint density at radius 2 is 1.78 bits per heavy atom. The van der Waals surface area contributed by atoms with E-state index >= 15 is 0 Å². The number of nitrogens with zero attached hydrogens (tertiary/aromatic N) is 2. The molecule has 4 rings (SSSR count). The number of fused-ring (bicyclic) bond motifs is 1. The highest BCUT2D eigenvalue weighted by molar-refractivity contribution is 5.48. The van der Waals surface area contributed by atoms with Crippen LogP contribution < -0.4 is 9.47 Å². The lowest BCUT2D eigenvalue weighted by molar-refractivity contribution is 0.0242. The number of likely N-dealkylation sites (tertiary alicyclic amines) is 1. The van der Waals surface area contributed by atoms with E-state index in [2.05, 4.69) is 21.9 Å². The van der Waals surface area contributed by atoms with Gasteiger partial charge in [0.25, 0.3) is 0 Å². The van der Waals surface area contributed by atoms with Gasteiger partial charge in [-0.1, -0.05) is 12.1 Å². The van der Waals surface area contributed by atoms with E-state index in [1.165, 1.54) is 38.0 Å². The quantitative estimate of drug-likeness (QED) is 0.848. The van der Waals surface area contributed by atoms with Crippen molar-refractivity contribution in [2.45, 2.75) is 19.4 Å². The topological polar surface area (TPSA) is 34.2 Å². The van der Waals surface area contributed by atoms with Crippen molar-refractivity contribution in [3.8, 4) is 11.5 Å². The van der Waals surface area contributed by atoms with Gasteiger partial charge in [-0.05, 0) is 37.9 Å². The summed E-state index contributed by atoms with van der Waals surface area (Å²) in [7, 11) is 0. The molecule has 0 atom stereocenters. The Labute approximate surface area is 138 Å². The van der Waals surface area contributed by atoms with Crippen molar-refractivity contribution in [2.24, 2.45) is 5.92 Å². The molecule has 1 aromatic rings. The molecular formula is C18H26N2O3. The van der Waals surface area contributed by atoms with Crippen LogP contribution in [0, 0.1) is 5.92 Å². The second kappa shape index (κ2) is 7.07. The van der Waals surface area contributed by atoms with Gasteiger partial charge in [0.1, 0.15) is 0 Å². The summed E-state index contributed by atoms with van der Waals surface area (Å²) in [4.78, 5) is 5.12. The first-order valence-corrected chi connectivity index (χ1v) is 8.78. The van der Waals surface area contributed by atoms with Gasteiger partial charge >= 0.3 is 0 Å². The average molecular weight is 318 g/mol. The number of benzene rings is 1. The predicted molar refractivity (Wildman–Crippen MR) is 87.8 cm³/mol. The van der Waals surface area contributed by atoms with Crippen LogP contribution in [0.5, 0.6) is 11.5 Å². The zero-order valence-electron chi connectivity index (χ0n) is 13.7. The van der Waals surface area contributed by atoms with Crippen LogP contribution in [0.15, 0.2) is 18.2 Å². The van der Waals surface area contributed by atoms with Gasteiger partial charge in [0, 0.05) is 31.7 Å². The van der Waals surface area contributed by atoms with Crippen LogP contribution in [0.3, 0.4) is 0 Å². The SMILES string of the molecule is c1cc(CN2CCC(CN3CCOCC3)CC2)c2c(c1)OCO2. The summed E-state index contributed by atoms with van der Waals surface area (Å²) in [5, 5.41) is 0. The molecule has 2 saturated heterocycles. The van der Waals surface area contributed by atoms with Crippen molar-refractivity contribution >= 4 is 0 Å². The standard InChI is InChI=1S/C18H26N2O3/c1-2-16(18-17(3-1)22-14-23-18)13-19-6-4-15(5-7-19)12-20-8-10-21-11-9-20/h1-3,15H,4-14H2. The van der Waals surface area contributed by atoms with E-state index < -0.39 is 0 Å². The highest BCUT2D eigenvalue weighted by Gasteiger charge is 2.24. The van der Waals surface area contributed by atoms with Gasteiger partial charge in [0.05, 0.1) is 13.2 Å². The molecule has 5 nitrogen and oxygen atoms in total. The number of hydrogen-bond donors (Lipinski definition) is 0. The van der Waals surface area contributed by atoms with Crippen molar-refractivity contribution in [1.82, 2.24) is 9.80 Å². The van der Waals surface area contributed by atoms with Crippen molar-refractivity contribution in [2.75, 3.05) is 52.7 Å². The van der Waals surface area contributed by atoms with E-state index in [1.54, 1.807) is 0 Å². The molecule has 0 radical (unpaired) electrons. The molecule has 0 spiro atoms. The third-order valence-electron chi connectivity index (χ3n) is 5.20. The summed E-state index contributed by atoms with van der Waals surface area (Å²) < 4.78 is 16.5. The largest absolute Gasteiger partial charge is 0.454 e. The van der Waals surface area contributed by atoms with Crippen LogP contribution in [0.4, 0.5) is 0 Å². The molecule has 0 aromatic heterocycles. The van der Waals surface area contributed by atoms with Gasteiger partial charge in [-0.2, -0.15) is 0 Å². The van der Waals surface area contributed by atoms with Crippen LogP contribution in [-0.2, 0) is 11.3 Å². The molecule has 126 valence electrons. The number of para-hydroxylation sites is 1. The third-order valence-corrected chi connectivity index (χ3v) is 5.20. The molecule has 3 aliphatic rings. The van der Waals surface area contributed by atoms with Crippen LogP contribution >= 0.6 is 0 Å². The lowest BCUT2D eigenvalue weighted by Crippen LogP contribution is -2.42. The molecule has 2 fully saturated rings. The minimum Gasteiger partial charge on any atom is -0.454 e. The number of ether oxygens (including phenoxy) is 3. The summed E-state index contributed by atoms with van der Waals surface area (Å²) in [6, 6.07) is 6.21. The smallest absolute Gasteiger partial charge is 0.231 e. The van der Waals surface area contributed by atoms with Crippen LogP contribution in [-0.4, -0.2) is 62.5 Å². The Morgan fingerprint density at radius 3 is 2.61 bits per heavy atom. The Bertz CT molecular complexity index is 523. The molecule has 3 heterocycles. The minimum atomic E-state index is 0.355. The Balaban J connectivity index is 1.28. The van der Waals surface area contributed by atoms with E-state index in [1.807, 2.05) is 6.07 Å². The molecule has 0 bridgehead atoms. The summed E-state index contributed by atoms with van der Waals surface area (Å²) >= 11 is 0. The van der Waals surface area contributed by atoms with E-state index in [4.69, 9.17) is 14.2 Å². The maximum absolute atomic E-state index is 5.63. The molecule has 0 aliphatic carbocycles. The Morgan fingerprint density at radius 1 is 0.957 bits per heavy atom. The Kier molecular flexibility index (Phi) is 4.69. The monoisotopic (exact) mass is 318 g/mol. The summed E-state index contributed by atoms with van der Waals surface area (Å²) in [6.45, 7) is 8.94. The van der Waals surface area contributed by atoms with Crippen molar-refractivity contribution in [3.63, 3.8) is 0 Å². The highest BCUT2D eigenvalue weighted by atomic mass is 16.7. The molecule has 0 unspecified atom stereocenters. The fourth-order valence-corrected chi connectivity index (χ4v) is 3.83. The fraction of sp³-hybridized carbons (Fsp3) is 0.667. The van der Waals surface area contributed by atoms with Gasteiger partial charge in [-0.15, -0.1) is 0 Å². The molecule has 0 N–H and O–H groups in total. The number of rotatable bonds is 4. The second-order valence-electron chi connectivity index (χ2n) is 6.78. The van der Waals surface area contributed by atoms with Crippen molar-refractivity contribution in [3.05, 3.63) is 23.8 Å². The number of hydrogen-bond acceptors (Lipinski definition) is 5. The minimum absolute atomic E-state index is 0.355. The second-order valence-corrected chi connectivity index (χ2v) is 6.78. The number of morpholine rings is 1. The lowest BCUT2D eigenvalue weighted by atomic mass is 9.95. The van der Waals surface area contributed by atoms with E-state index in [0.717, 1.165) is 50.3 Å². The van der Waals surface area contributed by atoms with Crippen molar-refractivity contribution < 1.29 is 14.2 Å². The molecular weight excluding hydrogens is 292 g/mol.